The Labute approximate surface area is 135 Å². The molecule has 1 aromatic heterocycles. The van der Waals surface area contributed by atoms with Gasteiger partial charge in [0.2, 0.25) is 15.9 Å². The molecular formula is C15H20N4O3S. The number of nitrogens with one attached hydrogen (secondary N) is 2. The van der Waals surface area contributed by atoms with E-state index in [2.05, 4.69) is 15.1 Å². The van der Waals surface area contributed by atoms with Crippen LogP contribution in [0.2, 0.25) is 0 Å². The second kappa shape index (κ2) is 6.93. The Morgan fingerprint density at radius 1 is 1.26 bits per heavy atom. The van der Waals surface area contributed by atoms with Gasteiger partial charge in [-0.2, -0.15) is 5.10 Å². The third-order valence-corrected chi connectivity index (χ3v) is 4.63. The predicted octanol–water partition coefficient (Wildman–Crippen LogP) is 1.65. The number of anilines is 1. The van der Waals surface area contributed by atoms with Gasteiger partial charge >= 0.3 is 0 Å². The summed E-state index contributed by atoms with van der Waals surface area (Å²) < 4.78 is 29.0. The third kappa shape index (κ3) is 4.40. The highest BCUT2D eigenvalue weighted by atomic mass is 32.2. The van der Waals surface area contributed by atoms with Crippen molar-refractivity contribution in [1.82, 2.24) is 14.5 Å². The van der Waals surface area contributed by atoms with Crippen LogP contribution in [0.15, 0.2) is 35.2 Å². The van der Waals surface area contributed by atoms with Crippen LogP contribution in [-0.2, 0) is 27.9 Å². The first-order valence-electron chi connectivity index (χ1n) is 7.22. The van der Waals surface area contributed by atoms with Crippen molar-refractivity contribution in [3.05, 3.63) is 41.7 Å². The van der Waals surface area contributed by atoms with Gasteiger partial charge in [-0.15, -0.1) is 0 Å². The molecule has 2 N–H and O–H groups in total. The first-order valence-corrected chi connectivity index (χ1v) is 8.71. The summed E-state index contributed by atoms with van der Waals surface area (Å²) in [5.74, 6) is -0.207. The average Bonchev–Trinajstić information content (AvgIpc) is 2.85. The highest BCUT2D eigenvalue weighted by molar-refractivity contribution is 7.89. The lowest BCUT2D eigenvalue weighted by Crippen LogP contribution is -2.24. The monoisotopic (exact) mass is 336 g/mol. The summed E-state index contributed by atoms with van der Waals surface area (Å²) in [7, 11) is -3.62. The molecule has 0 unspecified atom stereocenters. The van der Waals surface area contributed by atoms with E-state index in [9.17, 15) is 13.2 Å². The quantitative estimate of drug-likeness (QED) is 0.839. The van der Waals surface area contributed by atoms with Crippen molar-refractivity contribution in [2.45, 2.75) is 38.8 Å². The number of sulfonamides is 1. The fourth-order valence-electron chi connectivity index (χ4n) is 2.19. The number of amides is 1. The van der Waals surface area contributed by atoms with Gasteiger partial charge in [-0.3, -0.25) is 9.48 Å². The number of carbonyl (C=O) groups is 1. The number of aryl methyl sites for hydroxylation is 2. The molecule has 124 valence electrons. The third-order valence-electron chi connectivity index (χ3n) is 3.21. The molecule has 0 saturated heterocycles. The number of aromatic nitrogens is 2. The molecule has 8 heteroatoms. The minimum absolute atomic E-state index is 0.144. The summed E-state index contributed by atoms with van der Waals surface area (Å²) in [6.45, 7) is 6.06. The van der Waals surface area contributed by atoms with E-state index in [0.29, 0.717) is 12.2 Å². The topological polar surface area (TPSA) is 93.1 Å². The molecule has 0 saturated carbocycles. The van der Waals surface area contributed by atoms with Crippen molar-refractivity contribution >= 4 is 21.6 Å². The summed E-state index contributed by atoms with van der Waals surface area (Å²) >= 11 is 0. The molecule has 0 fully saturated rings. The summed E-state index contributed by atoms with van der Waals surface area (Å²) in [6.07, 6.45) is 0. The van der Waals surface area contributed by atoms with Crippen molar-refractivity contribution in [2.24, 2.45) is 0 Å². The Morgan fingerprint density at radius 3 is 2.48 bits per heavy atom. The first kappa shape index (κ1) is 17.2. The molecule has 0 radical (unpaired) electrons. The van der Waals surface area contributed by atoms with Gasteiger partial charge in [-0.25, -0.2) is 13.1 Å². The Kier molecular flexibility index (Phi) is 5.17. The van der Waals surface area contributed by atoms with Gasteiger partial charge in [0.05, 0.1) is 22.8 Å². The summed E-state index contributed by atoms with van der Waals surface area (Å²) in [5, 5.41) is 6.88. The zero-order valence-corrected chi connectivity index (χ0v) is 14.1. The SMILES string of the molecule is CCn1nc(C)cc1CNS(=O)(=O)c1ccc(NC(C)=O)cc1. The molecule has 1 amide bonds. The fourth-order valence-corrected chi connectivity index (χ4v) is 3.19. The maximum Gasteiger partial charge on any atom is 0.240 e. The van der Waals surface area contributed by atoms with Gasteiger partial charge < -0.3 is 5.32 Å². The summed E-state index contributed by atoms with van der Waals surface area (Å²) in [5.41, 5.74) is 2.21. The van der Waals surface area contributed by atoms with Crippen LogP contribution in [0, 0.1) is 6.92 Å². The van der Waals surface area contributed by atoms with Crippen LogP contribution in [0.4, 0.5) is 5.69 Å². The minimum Gasteiger partial charge on any atom is -0.326 e. The molecule has 2 aromatic rings. The molecule has 0 spiro atoms. The van der Waals surface area contributed by atoms with E-state index in [1.54, 1.807) is 16.8 Å². The van der Waals surface area contributed by atoms with Gasteiger partial charge in [-0.05, 0) is 44.2 Å². The smallest absolute Gasteiger partial charge is 0.240 e. The Bertz CT molecular complexity index is 795. The van der Waals surface area contributed by atoms with Gasteiger partial charge in [0, 0.05) is 19.2 Å². The second-order valence-corrected chi connectivity index (χ2v) is 6.89. The van der Waals surface area contributed by atoms with Gasteiger partial charge in [0.1, 0.15) is 0 Å². The van der Waals surface area contributed by atoms with Crippen LogP contribution in [0.5, 0.6) is 0 Å². The highest BCUT2D eigenvalue weighted by Crippen LogP contribution is 2.14. The highest BCUT2D eigenvalue weighted by Gasteiger charge is 2.15. The fraction of sp³-hybridized carbons (Fsp3) is 0.333. The number of carbonyl (C=O) groups excluding carboxylic acids is 1. The van der Waals surface area contributed by atoms with Crippen molar-refractivity contribution in [1.29, 1.82) is 0 Å². The van der Waals surface area contributed by atoms with E-state index in [-0.39, 0.29) is 17.3 Å². The molecule has 0 bridgehead atoms. The zero-order chi connectivity index (χ0) is 17.0. The predicted molar refractivity (Wildman–Crippen MR) is 87.4 cm³/mol. The second-order valence-electron chi connectivity index (χ2n) is 5.12. The molecular weight excluding hydrogens is 316 g/mol. The van der Waals surface area contributed by atoms with E-state index in [1.165, 1.54) is 19.1 Å². The van der Waals surface area contributed by atoms with Crippen molar-refractivity contribution in [2.75, 3.05) is 5.32 Å². The number of benzene rings is 1. The Morgan fingerprint density at radius 2 is 1.91 bits per heavy atom. The largest absolute Gasteiger partial charge is 0.326 e. The lowest BCUT2D eigenvalue weighted by Gasteiger charge is -2.09. The Balaban J connectivity index is 2.10. The van der Waals surface area contributed by atoms with Gasteiger partial charge in [-0.1, -0.05) is 0 Å². The normalized spacial score (nSPS) is 11.4. The van der Waals surface area contributed by atoms with Gasteiger partial charge in [0.15, 0.2) is 0 Å². The van der Waals surface area contributed by atoms with E-state index in [1.807, 2.05) is 19.9 Å². The number of nitrogens with zero attached hydrogens (tertiary/aromatic N) is 2. The zero-order valence-electron chi connectivity index (χ0n) is 13.3. The Hall–Kier alpha value is -2.19. The standard InChI is InChI=1S/C15H20N4O3S/c1-4-19-14(9-11(2)18-19)10-16-23(21,22)15-7-5-13(6-8-15)17-12(3)20/h5-9,16H,4,10H2,1-3H3,(H,17,20). The number of rotatable bonds is 6. The van der Waals surface area contributed by atoms with Crippen LogP contribution in [0.25, 0.3) is 0 Å². The summed E-state index contributed by atoms with van der Waals surface area (Å²) in [6, 6.07) is 7.87. The lowest BCUT2D eigenvalue weighted by molar-refractivity contribution is -0.114. The van der Waals surface area contributed by atoms with E-state index >= 15 is 0 Å². The molecule has 23 heavy (non-hydrogen) atoms. The number of hydrogen-bond acceptors (Lipinski definition) is 4. The van der Waals surface area contributed by atoms with E-state index in [4.69, 9.17) is 0 Å². The van der Waals surface area contributed by atoms with Crippen LogP contribution in [0.1, 0.15) is 25.2 Å². The first-order chi connectivity index (χ1) is 10.8. The molecule has 0 aliphatic heterocycles. The molecule has 0 aliphatic rings. The molecule has 2 rings (SSSR count). The maximum absolute atomic E-state index is 12.3. The van der Waals surface area contributed by atoms with E-state index in [0.717, 1.165) is 11.4 Å². The van der Waals surface area contributed by atoms with E-state index < -0.39 is 10.0 Å². The molecule has 1 aromatic carbocycles. The lowest BCUT2D eigenvalue weighted by atomic mass is 10.3. The van der Waals surface area contributed by atoms with Crippen molar-refractivity contribution < 1.29 is 13.2 Å². The maximum atomic E-state index is 12.3. The molecule has 1 heterocycles. The molecule has 7 nitrogen and oxygen atoms in total. The molecule has 0 atom stereocenters. The van der Waals surface area contributed by atoms with Crippen LogP contribution in [-0.4, -0.2) is 24.1 Å². The van der Waals surface area contributed by atoms with Crippen molar-refractivity contribution in [3.63, 3.8) is 0 Å². The van der Waals surface area contributed by atoms with Gasteiger partial charge in [0.25, 0.3) is 0 Å². The number of hydrogen-bond donors (Lipinski definition) is 2. The molecule has 0 aliphatic carbocycles. The minimum atomic E-state index is -3.62. The van der Waals surface area contributed by atoms with Crippen LogP contribution < -0.4 is 10.0 Å². The van der Waals surface area contributed by atoms with Crippen LogP contribution >= 0.6 is 0 Å². The summed E-state index contributed by atoms with van der Waals surface area (Å²) in [4.78, 5) is 11.1. The van der Waals surface area contributed by atoms with Crippen LogP contribution in [0.3, 0.4) is 0 Å². The average molecular weight is 336 g/mol. The van der Waals surface area contributed by atoms with Crippen molar-refractivity contribution in [3.8, 4) is 0 Å².